The van der Waals surface area contributed by atoms with Crippen LogP contribution in [-0.4, -0.2) is 0 Å². The van der Waals surface area contributed by atoms with Gasteiger partial charge in [0, 0.05) is 23.6 Å². The van der Waals surface area contributed by atoms with Gasteiger partial charge in [-0.25, -0.2) is 0 Å². The molecule has 6 aromatic rings. The average Bonchev–Trinajstić information content (AvgIpc) is 3.03. The van der Waals surface area contributed by atoms with E-state index in [9.17, 15) is 0 Å². The second kappa shape index (κ2) is 12.2. The molecule has 0 aliphatic rings. The number of benzene rings is 6. The third-order valence-corrected chi connectivity index (χ3v) is 7.60. The zero-order chi connectivity index (χ0) is 28.0. The highest BCUT2D eigenvalue weighted by molar-refractivity contribution is 6.36. The van der Waals surface area contributed by atoms with Crippen LogP contribution in [0.2, 0.25) is 5.02 Å². The van der Waals surface area contributed by atoms with Gasteiger partial charge in [0.1, 0.15) is 0 Å². The Morgan fingerprint density at radius 1 is 0.488 bits per heavy atom. The summed E-state index contributed by atoms with van der Waals surface area (Å²) in [5, 5.41) is 0.693. The summed E-state index contributed by atoms with van der Waals surface area (Å²) in [5.74, 6) is 0. The number of rotatable bonds is 8. The largest absolute Gasteiger partial charge is 0.336 e. The molecule has 0 unspecified atom stereocenters. The van der Waals surface area contributed by atoms with E-state index >= 15 is 0 Å². The lowest BCUT2D eigenvalue weighted by molar-refractivity contribution is 0.975. The summed E-state index contributed by atoms with van der Waals surface area (Å²) in [6.07, 6.45) is 0. The fourth-order valence-electron chi connectivity index (χ4n) is 5.23. The van der Waals surface area contributed by atoms with Crippen molar-refractivity contribution in [2.24, 2.45) is 0 Å². The van der Waals surface area contributed by atoms with Crippen molar-refractivity contribution in [3.8, 4) is 11.1 Å². The molecule has 2 nitrogen and oxygen atoms in total. The Morgan fingerprint density at radius 3 is 1.78 bits per heavy atom. The standard InChI is InChI=1S/C38H31ClN2/c1-29-14-11-23-35(26-29)41(33-20-9-4-10-21-33)37-25-13-24-36(38(37)39)40(28-30-15-5-2-6-16-30)34-22-12-19-32(27-34)31-17-7-3-8-18-31/h2-27H,28H2,1H3. The van der Waals surface area contributed by atoms with Gasteiger partial charge in [-0.05, 0) is 77.7 Å². The summed E-state index contributed by atoms with van der Waals surface area (Å²) < 4.78 is 0. The first-order valence-corrected chi connectivity index (χ1v) is 14.2. The molecule has 0 fully saturated rings. The highest BCUT2D eigenvalue weighted by atomic mass is 35.5. The Balaban J connectivity index is 1.50. The summed E-state index contributed by atoms with van der Waals surface area (Å²) in [5.41, 5.74) is 9.83. The Morgan fingerprint density at radius 2 is 1.05 bits per heavy atom. The van der Waals surface area contributed by atoms with Crippen LogP contribution in [0, 0.1) is 6.92 Å². The van der Waals surface area contributed by atoms with E-state index in [0.29, 0.717) is 11.6 Å². The zero-order valence-corrected chi connectivity index (χ0v) is 23.7. The summed E-state index contributed by atoms with van der Waals surface area (Å²) in [7, 11) is 0. The topological polar surface area (TPSA) is 6.48 Å². The summed E-state index contributed by atoms with van der Waals surface area (Å²) in [4.78, 5) is 4.55. The number of nitrogens with zero attached hydrogens (tertiary/aromatic N) is 2. The molecule has 0 amide bonds. The van der Waals surface area contributed by atoms with Crippen LogP contribution in [0.5, 0.6) is 0 Å². The van der Waals surface area contributed by atoms with E-state index in [1.54, 1.807) is 0 Å². The van der Waals surface area contributed by atoms with Crippen molar-refractivity contribution in [1.82, 2.24) is 0 Å². The van der Waals surface area contributed by atoms with Crippen LogP contribution in [-0.2, 0) is 6.54 Å². The summed E-state index contributed by atoms with van der Waals surface area (Å²) in [6.45, 7) is 2.80. The molecule has 0 radical (unpaired) electrons. The minimum Gasteiger partial charge on any atom is -0.336 e. The van der Waals surface area contributed by atoms with Crippen LogP contribution in [0.4, 0.5) is 28.4 Å². The van der Waals surface area contributed by atoms with Crippen LogP contribution in [0.25, 0.3) is 11.1 Å². The number of para-hydroxylation sites is 1. The van der Waals surface area contributed by atoms with E-state index in [1.807, 2.05) is 12.1 Å². The molecule has 6 rings (SSSR count). The number of aryl methyl sites for hydroxylation is 1. The van der Waals surface area contributed by atoms with Crippen LogP contribution < -0.4 is 9.80 Å². The summed E-state index contributed by atoms with van der Waals surface area (Å²) in [6, 6.07) is 55.0. The van der Waals surface area contributed by atoms with Gasteiger partial charge in [0.15, 0.2) is 0 Å². The van der Waals surface area contributed by atoms with Gasteiger partial charge in [-0.15, -0.1) is 0 Å². The van der Waals surface area contributed by atoms with Gasteiger partial charge in [-0.2, -0.15) is 0 Å². The third-order valence-electron chi connectivity index (χ3n) is 7.21. The fraction of sp³-hybridized carbons (Fsp3) is 0.0526. The molecule has 6 aromatic carbocycles. The van der Waals surface area contributed by atoms with Crippen molar-refractivity contribution in [3.05, 3.63) is 174 Å². The van der Waals surface area contributed by atoms with Crippen LogP contribution >= 0.6 is 11.6 Å². The van der Waals surface area contributed by atoms with Gasteiger partial charge < -0.3 is 9.80 Å². The molecule has 0 aliphatic carbocycles. The van der Waals surface area contributed by atoms with Gasteiger partial charge >= 0.3 is 0 Å². The quantitative estimate of drug-likeness (QED) is 0.186. The van der Waals surface area contributed by atoms with Crippen LogP contribution in [0.3, 0.4) is 0 Å². The van der Waals surface area contributed by atoms with E-state index < -0.39 is 0 Å². The van der Waals surface area contributed by atoms with E-state index in [-0.39, 0.29) is 0 Å². The highest BCUT2D eigenvalue weighted by Gasteiger charge is 2.21. The monoisotopic (exact) mass is 550 g/mol. The molecule has 0 aliphatic heterocycles. The zero-order valence-electron chi connectivity index (χ0n) is 23.0. The predicted molar refractivity (Wildman–Crippen MR) is 175 cm³/mol. The Bertz CT molecular complexity index is 1730. The Hall–Kier alpha value is -4.79. The maximum atomic E-state index is 7.43. The fourth-order valence-corrected chi connectivity index (χ4v) is 5.54. The lowest BCUT2D eigenvalue weighted by Gasteiger charge is -2.31. The van der Waals surface area contributed by atoms with Gasteiger partial charge in [0.25, 0.3) is 0 Å². The molecular weight excluding hydrogens is 520 g/mol. The van der Waals surface area contributed by atoms with Crippen molar-refractivity contribution in [2.45, 2.75) is 13.5 Å². The van der Waals surface area contributed by atoms with Crippen molar-refractivity contribution in [3.63, 3.8) is 0 Å². The number of anilines is 5. The lowest BCUT2D eigenvalue weighted by Crippen LogP contribution is -2.18. The molecule has 0 saturated heterocycles. The SMILES string of the molecule is Cc1cccc(N(c2ccccc2)c2cccc(N(Cc3ccccc3)c3cccc(-c4ccccc4)c3)c2Cl)c1. The molecule has 0 spiro atoms. The maximum Gasteiger partial charge on any atom is 0.0883 e. The number of hydrogen-bond donors (Lipinski definition) is 0. The molecule has 0 N–H and O–H groups in total. The van der Waals surface area contributed by atoms with Crippen molar-refractivity contribution < 1.29 is 0 Å². The second-order valence-corrected chi connectivity index (χ2v) is 10.5. The van der Waals surface area contributed by atoms with E-state index in [1.165, 1.54) is 22.3 Å². The van der Waals surface area contributed by atoms with Crippen LogP contribution in [0.1, 0.15) is 11.1 Å². The Labute approximate surface area is 247 Å². The molecule has 41 heavy (non-hydrogen) atoms. The molecule has 3 heteroatoms. The lowest BCUT2D eigenvalue weighted by atomic mass is 10.0. The number of hydrogen-bond acceptors (Lipinski definition) is 2. The molecular formula is C38H31ClN2. The average molecular weight is 551 g/mol. The smallest absolute Gasteiger partial charge is 0.0883 e. The number of halogens is 1. The van der Waals surface area contributed by atoms with E-state index in [0.717, 1.165) is 28.4 Å². The molecule has 200 valence electrons. The molecule has 0 saturated carbocycles. The van der Waals surface area contributed by atoms with Crippen molar-refractivity contribution in [2.75, 3.05) is 9.80 Å². The van der Waals surface area contributed by atoms with Gasteiger partial charge in [-0.1, -0.05) is 121 Å². The molecule has 0 atom stereocenters. The van der Waals surface area contributed by atoms with Crippen molar-refractivity contribution >= 4 is 40.0 Å². The molecule has 0 bridgehead atoms. The minimum absolute atomic E-state index is 0.679. The van der Waals surface area contributed by atoms with Gasteiger partial charge in [0.2, 0.25) is 0 Å². The highest BCUT2D eigenvalue weighted by Crippen LogP contribution is 2.45. The first-order chi connectivity index (χ1) is 20.2. The summed E-state index contributed by atoms with van der Waals surface area (Å²) >= 11 is 7.43. The normalized spacial score (nSPS) is 10.8. The first kappa shape index (κ1) is 26.4. The second-order valence-electron chi connectivity index (χ2n) is 10.1. The van der Waals surface area contributed by atoms with E-state index in [2.05, 4.69) is 162 Å². The Kier molecular flexibility index (Phi) is 7.84. The van der Waals surface area contributed by atoms with E-state index in [4.69, 9.17) is 11.6 Å². The minimum atomic E-state index is 0.679. The van der Waals surface area contributed by atoms with Gasteiger partial charge in [-0.3, -0.25) is 0 Å². The van der Waals surface area contributed by atoms with Crippen molar-refractivity contribution in [1.29, 1.82) is 0 Å². The van der Waals surface area contributed by atoms with Crippen LogP contribution in [0.15, 0.2) is 158 Å². The third kappa shape index (κ3) is 5.89. The molecule has 0 heterocycles. The maximum absolute atomic E-state index is 7.43. The van der Waals surface area contributed by atoms with Gasteiger partial charge in [0.05, 0.1) is 16.4 Å². The first-order valence-electron chi connectivity index (χ1n) is 13.8. The predicted octanol–water partition coefficient (Wildman–Crippen LogP) is 11.1. The molecule has 0 aromatic heterocycles.